The predicted octanol–water partition coefficient (Wildman–Crippen LogP) is 0.458. The van der Waals surface area contributed by atoms with Crippen molar-refractivity contribution in [3.05, 3.63) is 48.3 Å². The van der Waals surface area contributed by atoms with E-state index in [-0.39, 0.29) is 18.4 Å². The van der Waals surface area contributed by atoms with Crippen molar-refractivity contribution in [1.29, 1.82) is 0 Å². The molecule has 0 fully saturated rings. The van der Waals surface area contributed by atoms with Gasteiger partial charge in [-0.1, -0.05) is 30.3 Å². The van der Waals surface area contributed by atoms with Crippen molar-refractivity contribution in [2.75, 3.05) is 25.6 Å². The number of carbonyl (C=O) groups excluding carboxylic acids is 2. The summed E-state index contributed by atoms with van der Waals surface area (Å²) < 4.78 is 6.30. The van der Waals surface area contributed by atoms with E-state index < -0.39 is 5.54 Å². The number of ether oxygens (including phenoxy) is 1. The maximum atomic E-state index is 12.5. The van der Waals surface area contributed by atoms with Gasteiger partial charge in [-0.3, -0.25) is 14.3 Å². The number of aromatic nitrogens is 2. The summed E-state index contributed by atoms with van der Waals surface area (Å²) in [6, 6.07) is 9.11. The zero-order chi connectivity index (χ0) is 18.3. The Morgan fingerprint density at radius 1 is 1.32 bits per heavy atom. The van der Waals surface area contributed by atoms with Gasteiger partial charge in [-0.05, 0) is 12.5 Å². The molecular weight excluding hydrogens is 322 g/mol. The number of hydrogen-bond donors (Lipinski definition) is 3. The maximum Gasteiger partial charge on any atom is 0.248 e. The summed E-state index contributed by atoms with van der Waals surface area (Å²) in [4.78, 5) is 24.2. The molecule has 4 N–H and O–H groups in total. The Morgan fingerprint density at radius 2 is 2.04 bits per heavy atom. The second kappa shape index (κ2) is 8.41. The molecule has 0 bridgehead atoms. The van der Waals surface area contributed by atoms with Crippen molar-refractivity contribution in [2.45, 2.75) is 19.0 Å². The topological polar surface area (TPSA) is 111 Å². The molecule has 8 nitrogen and oxygen atoms in total. The largest absolute Gasteiger partial charge is 0.383 e. The summed E-state index contributed by atoms with van der Waals surface area (Å²) in [5.41, 5.74) is 6.17. The van der Waals surface area contributed by atoms with Crippen LogP contribution in [-0.2, 0) is 26.4 Å². The molecule has 8 heteroatoms. The van der Waals surface area contributed by atoms with Gasteiger partial charge in [0, 0.05) is 19.9 Å². The number of rotatable bonds is 8. The van der Waals surface area contributed by atoms with Crippen LogP contribution in [0.2, 0.25) is 0 Å². The fourth-order valence-electron chi connectivity index (χ4n) is 2.19. The highest BCUT2D eigenvalue weighted by Gasteiger charge is 2.30. The van der Waals surface area contributed by atoms with Gasteiger partial charge in [0.25, 0.3) is 0 Å². The summed E-state index contributed by atoms with van der Waals surface area (Å²) in [5, 5.41) is 9.48. The minimum absolute atomic E-state index is 0.0537. The normalized spacial score (nSPS) is 13.1. The van der Waals surface area contributed by atoms with E-state index in [2.05, 4.69) is 15.7 Å². The smallest absolute Gasteiger partial charge is 0.248 e. The second-order valence-electron chi connectivity index (χ2n) is 5.79. The fraction of sp³-hybridized carbons (Fsp3) is 0.353. The van der Waals surface area contributed by atoms with Gasteiger partial charge in [0.05, 0.1) is 18.5 Å². The van der Waals surface area contributed by atoms with E-state index in [1.165, 1.54) is 10.9 Å². The molecule has 25 heavy (non-hydrogen) atoms. The Labute approximate surface area is 146 Å². The molecule has 1 heterocycles. The van der Waals surface area contributed by atoms with Crippen LogP contribution in [-0.4, -0.2) is 41.9 Å². The average Bonchev–Trinajstić information content (AvgIpc) is 3.02. The fourth-order valence-corrected chi connectivity index (χ4v) is 2.19. The van der Waals surface area contributed by atoms with Crippen LogP contribution in [0.5, 0.6) is 0 Å². The number of methoxy groups -OCH3 is 1. The molecule has 0 saturated carbocycles. The number of nitrogens with zero attached hydrogens (tertiary/aromatic N) is 2. The van der Waals surface area contributed by atoms with Gasteiger partial charge in [-0.2, -0.15) is 5.10 Å². The predicted molar refractivity (Wildman–Crippen MR) is 93.7 cm³/mol. The highest BCUT2D eigenvalue weighted by molar-refractivity contribution is 5.98. The minimum Gasteiger partial charge on any atom is -0.383 e. The second-order valence-corrected chi connectivity index (χ2v) is 5.79. The third kappa shape index (κ3) is 5.13. The lowest BCUT2D eigenvalue weighted by Gasteiger charge is -2.23. The number of anilines is 1. The zero-order valence-corrected chi connectivity index (χ0v) is 14.4. The Bertz CT molecular complexity index is 712. The van der Waals surface area contributed by atoms with Gasteiger partial charge in [-0.15, -0.1) is 0 Å². The molecule has 1 aromatic carbocycles. The number of nitrogens with two attached hydrogens (primary N) is 1. The number of hydrogen-bond acceptors (Lipinski definition) is 5. The third-order valence-corrected chi connectivity index (χ3v) is 3.67. The minimum atomic E-state index is -1.18. The van der Waals surface area contributed by atoms with E-state index in [1.54, 1.807) is 32.4 Å². The summed E-state index contributed by atoms with van der Waals surface area (Å²) in [6.45, 7) is 2.58. The van der Waals surface area contributed by atoms with E-state index in [9.17, 15) is 9.59 Å². The first-order valence-corrected chi connectivity index (χ1v) is 7.87. The Hall–Kier alpha value is -2.71. The lowest BCUT2D eigenvalue weighted by atomic mass is 9.92. The quantitative estimate of drug-likeness (QED) is 0.602. The van der Waals surface area contributed by atoms with Crippen LogP contribution >= 0.6 is 0 Å². The van der Waals surface area contributed by atoms with Crippen LogP contribution in [0.3, 0.4) is 0 Å². The Kier molecular flexibility index (Phi) is 6.26. The molecular formula is C17H23N5O3. The van der Waals surface area contributed by atoms with Crippen LogP contribution in [0, 0.1) is 0 Å². The van der Waals surface area contributed by atoms with E-state index in [0.717, 1.165) is 0 Å². The first kappa shape index (κ1) is 18.6. The molecule has 0 saturated heterocycles. The summed E-state index contributed by atoms with van der Waals surface area (Å²) >= 11 is 0. The molecule has 1 unspecified atom stereocenters. The van der Waals surface area contributed by atoms with Crippen molar-refractivity contribution in [3.63, 3.8) is 0 Å². The summed E-state index contributed by atoms with van der Waals surface area (Å²) in [7, 11) is 1.56. The number of nitrogens with one attached hydrogen (secondary N) is 2. The van der Waals surface area contributed by atoms with Crippen molar-refractivity contribution >= 4 is 17.5 Å². The lowest BCUT2D eigenvalue weighted by Crippen LogP contribution is -2.45. The number of carbonyl (C=O) groups is 2. The van der Waals surface area contributed by atoms with Gasteiger partial charge in [0.1, 0.15) is 12.1 Å². The van der Waals surface area contributed by atoms with Gasteiger partial charge in [-0.25, -0.2) is 0 Å². The highest BCUT2D eigenvalue weighted by Crippen LogP contribution is 2.19. The van der Waals surface area contributed by atoms with E-state index in [0.29, 0.717) is 24.4 Å². The lowest BCUT2D eigenvalue weighted by molar-refractivity contribution is -0.122. The molecule has 134 valence electrons. The van der Waals surface area contributed by atoms with E-state index in [4.69, 9.17) is 10.5 Å². The monoisotopic (exact) mass is 345 g/mol. The van der Waals surface area contributed by atoms with E-state index in [1.807, 2.05) is 18.2 Å². The first-order chi connectivity index (χ1) is 11.9. The Balaban J connectivity index is 1.94. The average molecular weight is 345 g/mol. The van der Waals surface area contributed by atoms with Crippen LogP contribution in [0.4, 0.5) is 5.69 Å². The molecule has 1 atom stereocenters. The molecule has 0 aliphatic rings. The van der Waals surface area contributed by atoms with Crippen LogP contribution in [0.25, 0.3) is 0 Å². The van der Waals surface area contributed by atoms with Crippen molar-refractivity contribution in [1.82, 2.24) is 15.1 Å². The summed E-state index contributed by atoms with van der Waals surface area (Å²) in [6.07, 6.45) is 3.05. The number of amides is 2. The molecule has 2 rings (SSSR count). The molecule has 2 aromatic rings. The van der Waals surface area contributed by atoms with Crippen LogP contribution in [0.15, 0.2) is 42.7 Å². The van der Waals surface area contributed by atoms with Crippen molar-refractivity contribution in [2.24, 2.45) is 5.73 Å². The summed E-state index contributed by atoms with van der Waals surface area (Å²) in [5.74, 6) is -0.547. The van der Waals surface area contributed by atoms with Crippen molar-refractivity contribution < 1.29 is 14.3 Å². The number of benzene rings is 1. The highest BCUT2D eigenvalue weighted by atomic mass is 16.5. The van der Waals surface area contributed by atoms with Crippen LogP contribution < -0.4 is 16.4 Å². The molecule has 0 aliphatic heterocycles. The molecule has 0 radical (unpaired) electrons. The molecule has 1 aromatic heterocycles. The van der Waals surface area contributed by atoms with Gasteiger partial charge < -0.3 is 21.1 Å². The van der Waals surface area contributed by atoms with Crippen molar-refractivity contribution in [3.8, 4) is 0 Å². The van der Waals surface area contributed by atoms with Crippen LogP contribution in [0.1, 0.15) is 12.5 Å². The standard InChI is InChI=1S/C17H23N5O3/c1-17(18,13-6-4-3-5-7-13)16(24)21-14-10-20-22(11-14)12-15(23)19-8-9-25-2/h3-7,10-11H,8-9,12,18H2,1-2H3,(H,19,23)(H,21,24). The van der Waals surface area contributed by atoms with Gasteiger partial charge >= 0.3 is 0 Å². The SMILES string of the molecule is COCCNC(=O)Cn1cc(NC(=O)C(C)(N)c2ccccc2)cn1. The van der Waals surface area contributed by atoms with E-state index >= 15 is 0 Å². The zero-order valence-electron chi connectivity index (χ0n) is 14.4. The molecule has 0 aliphatic carbocycles. The maximum absolute atomic E-state index is 12.5. The molecule has 0 spiro atoms. The Morgan fingerprint density at radius 3 is 2.72 bits per heavy atom. The van der Waals surface area contributed by atoms with Gasteiger partial charge in [0.15, 0.2) is 0 Å². The van der Waals surface area contributed by atoms with Gasteiger partial charge in [0.2, 0.25) is 11.8 Å². The third-order valence-electron chi connectivity index (χ3n) is 3.67. The first-order valence-electron chi connectivity index (χ1n) is 7.87. The molecule has 2 amide bonds.